The number of carbonyl (C=O) groups excluding carboxylic acids is 5. The molecule has 4 amide bonds. The van der Waals surface area contributed by atoms with E-state index in [1.54, 1.807) is 36.4 Å². The summed E-state index contributed by atoms with van der Waals surface area (Å²) in [5.41, 5.74) is -1.87. The lowest BCUT2D eigenvalue weighted by Crippen LogP contribution is -2.61. The van der Waals surface area contributed by atoms with E-state index >= 15 is 0 Å². The summed E-state index contributed by atoms with van der Waals surface area (Å²) >= 11 is 0. The molecule has 2 atom stereocenters. The van der Waals surface area contributed by atoms with Crippen LogP contribution in [0.5, 0.6) is 0 Å². The summed E-state index contributed by atoms with van der Waals surface area (Å²) in [5.74, 6) is 0.105. The van der Waals surface area contributed by atoms with Crippen LogP contribution in [0.15, 0.2) is 57.8 Å². The molecule has 4 rings (SSSR count). The summed E-state index contributed by atoms with van der Waals surface area (Å²) < 4.78 is 10.3. The first kappa shape index (κ1) is 40.0. The van der Waals surface area contributed by atoms with Gasteiger partial charge in [0.25, 0.3) is 0 Å². The Morgan fingerprint density at radius 2 is 1.16 bits per heavy atom. The van der Waals surface area contributed by atoms with E-state index < -0.39 is 17.1 Å². The van der Waals surface area contributed by atoms with Crippen LogP contribution in [0, 0.1) is 11.8 Å². The minimum Gasteiger partial charge on any atom is -0.465 e. The van der Waals surface area contributed by atoms with Crippen molar-refractivity contribution >= 4 is 42.1 Å². The zero-order valence-corrected chi connectivity index (χ0v) is 29.7. The second-order valence-corrected chi connectivity index (χ2v) is 13.8. The maximum absolute atomic E-state index is 12.9. The second-order valence-electron chi connectivity index (χ2n) is 13.8. The Bertz CT molecular complexity index is 1420. The molecule has 2 saturated carbocycles. The van der Waals surface area contributed by atoms with Crippen molar-refractivity contribution in [3.05, 3.63) is 60.5 Å². The van der Waals surface area contributed by atoms with Crippen LogP contribution in [0.25, 0.3) is 12.2 Å². The highest BCUT2D eigenvalue weighted by Crippen LogP contribution is 2.30. The highest BCUT2D eigenvalue weighted by atomic mass is 16.3. The molecule has 50 heavy (non-hydrogen) atoms. The molecule has 0 aliphatic heterocycles. The van der Waals surface area contributed by atoms with Gasteiger partial charge >= 0.3 is 0 Å². The van der Waals surface area contributed by atoms with Crippen LogP contribution in [-0.2, 0) is 24.0 Å². The molecule has 2 heterocycles. The molecular formula is C38H54N4O8. The Balaban J connectivity index is 0.000000270. The zero-order valence-electron chi connectivity index (χ0n) is 29.7. The van der Waals surface area contributed by atoms with Crippen molar-refractivity contribution < 1.29 is 37.9 Å². The van der Waals surface area contributed by atoms with E-state index in [1.165, 1.54) is 24.7 Å². The minimum atomic E-state index is -0.959. The first-order valence-corrected chi connectivity index (χ1v) is 17.7. The molecule has 2 fully saturated rings. The van der Waals surface area contributed by atoms with Gasteiger partial charge in [0.05, 0.1) is 31.2 Å². The Labute approximate surface area is 294 Å². The molecule has 2 aliphatic carbocycles. The maximum atomic E-state index is 12.9. The van der Waals surface area contributed by atoms with Gasteiger partial charge in [-0.3, -0.25) is 19.2 Å². The number of furan rings is 2. The van der Waals surface area contributed by atoms with Crippen molar-refractivity contribution in [3.8, 4) is 0 Å². The average molecular weight is 695 g/mol. The van der Waals surface area contributed by atoms with Gasteiger partial charge in [0, 0.05) is 12.2 Å². The monoisotopic (exact) mass is 694 g/mol. The number of nitrogens with one attached hydrogen (secondary N) is 4. The smallest absolute Gasteiger partial charge is 0.246 e. The maximum Gasteiger partial charge on any atom is 0.246 e. The topological polar surface area (TPSA) is 180 Å². The average Bonchev–Trinajstić information content (AvgIpc) is 3.83. The van der Waals surface area contributed by atoms with Gasteiger partial charge in [0.2, 0.25) is 23.6 Å². The molecule has 0 spiro atoms. The van der Waals surface area contributed by atoms with E-state index in [0.717, 1.165) is 44.8 Å². The molecule has 274 valence electrons. The van der Waals surface area contributed by atoms with Crippen LogP contribution in [0.4, 0.5) is 0 Å². The first-order chi connectivity index (χ1) is 23.9. The molecule has 0 unspecified atom stereocenters. The van der Waals surface area contributed by atoms with E-state index in [0.29, 0.717) is 37.2 Å². The van der Waals surface area contributed by atoms with Gasteiger partial charge in [-0.15, -0.1) is 0 Å². The second kappa shape index (κ2) is 19.7. The van der Waals surface area contributed by atoms with Gasteiger partial charge in [-0.2, -0.15) is 0 Å². The number of aliphatic hydroxyl groups is 1. The summed E-state index contributed by atoms with van der Waals surface area (Å²) in [6, 6.07) is 6.10. The summed E-state index contributed by atoms with van der Waals surface area (Å²) in [5, 5.41) is 20.9. The Kier molecular flexibility index (Phi) is 15.7. The number of hydrogen-bond donors (Lipinski definition) is 5. The predicted octanol–water partition coefficient (Wildman–Crippen LogP) is 4.70. The van der Waals surface area contributed by atoms with Crippen LogP contribution < -0.4 is 21.3 Å². The third-order valence-corrected chi connectivity index (χ3v) is 9.37. The molecule has 2 aromatic heterocycles. The molecule has 0 saturated heterocycles. The largest absolute Gasteiger partial charge is 0.465 e. The molecule has 0 radical (unpaired) electrons. The number of aldehydes is 1. The number of rotatable bonds is 14. The molecule has 2 aliphatic rings. The van der Waals surface area contributed by atoms with Gasteiger partial charge in [0.15, 0.2) is 0 Å². The first-order valence-electron chi connectivity index (χ1n) is 17.7. The van der Waals surface area contributed by atoms with E-state index in [1.807, 2.05) is 27.7 Å². The van der Waals surface area contributed by atoms with Crippen LogP contribution in [-0.4, -0.2) is 64.8 Å². The van der Waals surface area contributed by atoms with Crippen LogP contribution in [0.1, 0.15) is 103 Å². The lowest BCUT2D eigenvalue weighted by atomic mass is 9.80. The van der Waals surface area contributed by atoms with Gasteiger partial charge in [-0.25, -0.2) is 0 Å². The quantitative estimate of drug-likeness (QED) is 0.140. The highest BCUT2D eigenvalue weighted by molar-refractivity contribution is 5.98. The zero-order chi connectivity index (χ0) is 36.6. The number of carbonyl (C=O) groups is 5. The van der Waals surface area contributed by atoms with Crippen molar-refractivity contribution in [3.63, 3.8) is 0 Å². The van der Waals surface area contributed by atoms with Crippen molar-refractivity contribution in [2.24, 2.45) is 11.8 Å². The van der Waals surface area contributed by atoms with Crippen LogP contribution in [0.3, 0.4) is 0 Å². The van der Waals surface area contributed by atoms with Gasteiger partial charge in [-0.05, 0) is 73.9 Å². The fraction of sp³-hybridized carbons (Fsp3) is 0.553. The number of amides is 4. The molecule has 12 heteroatoms. The van der Waals surface area contributed by atoms with Crippen molar-refractivity contribution in [1.82, 2.24) is 21.3 Å². The van der Waals surface area contributed by atoms with E-state index in [2.05, 4.69) is 21.3 Å². The molecule has 0 aromatic carbocycles. The SMILES string of the molecule is CC(C)[C@@H](C=O)NC(=O)C1(NC(=O)/C=C/c2ccco2)CCCCC1.CC(C)[C@@H](CO)NC(=O)C1(NC(=O)/C=C/c2ccco2)CCCCC1. The number of aliphatic hydroxyl groups excluding tert-OH is 1. The normalized spacial score (nSPS) is 18.1. The summed E-state index contributed by atoms with van der Waals surface area (Å²) in [6.07, 6.45) is 17.7. The Morgan fingerprint density at radius 3 is 1.50 bits per heavy atom. The molecular weight excluding hydrogens is 640 g/mol. The molecule has 2 aromatic rings. The Morgan fingerprint density at radius 1 is 0.720 bits per heavy atom. The van der Waals surface area contributed by atoms with Crippen LogP contribution in [0.2, 0.25) is 0 Å². The molecule has 0 bridgehead atoms. The van der Waals surface area contributed by atoms with E-state index in [4.69, 9.17) is 8.83 Å². The fourth-order valence-corrected chi connectivity index (χ4v) is 6.15. The van der Waals surface area contributed by atoms with Crippen molar-refractivity contribution in [2.45, 2.75) is 115 Å². The van der Waals surface area contributed by atoms with Gasteiger partial charge < -0.3 is 40.0 Å². The minimum absolute atomic E-state index is 0.00311. The molecule has 12 nitrogen and oxygen atoms in total. The van der Waals surface area contributed by atoms with E-state index in [9.17, 15) is 29.1 Å². The third-order valence-electron chi connectivity index (χ3n) is 9.37. The van der Waals surface area contributed by atoms with Gasteiger partial charge in [-0.1, -0.05) is 66.2 Å². The molecule has 5 N–H and O–H groups in total. The van der Waals surface area contributed by atoms with E-state index in [-0.39, 0.29) is 48.1 Å². The Hall–Kier alpha value is -4.45. The predicted molar refractivity (Wildman–Crippen MR) is 190 cm³/mol. The fourth-order valence-electron chi connectivity index (χ4n) is 6.15. The van der Waals surface area contributed by atoms with Crippen molar-refractivity contribution in [1.29, 1.82) is 0 Å². The summed E-state index contributed by atoms with van der Waals surface area (Å²) in [6.45, 7) is 7.51. The van der Waals surface area contributed by atoms with Gasteiger partial charge in [0.1, 0.15) is 28.9 Å². The van der Waals surface area contributed by atoms with Crippen molar-refractivity contribution in [2.75, 3.05) is 6.61 Å². The number of hydrogen-bond acceptors (Lipinski definition) is 8. The summed E-state index contributed by atoms with van der Waals surface area (Å²) in [7, 11) is 0. The lowest BCUT2D eigenvalue weighted by Gasteiger charge is -2.37. The highest BCUT2D eigenvalue weighted by Gasteiger charge is 2.42. The standard InChI is InChI=1S/C19H28N2O4.C19H26N2O4/c2*1-14(2)16(13-22)20-18(24)19(10-4-3-5-11-19)21-17(23)9-8-15-7-6-12-25-15/h6-9,12,14,16,22H,3-5,10-11,13H2,1-2H3,(H,20,24)(H,21,23);6-9,12-14,16H,3-5,10-11H2,1-2H3,(H,20,24)(H,21,23)/b2*9-8+/t2*16-/m11/s1. The third kappa shape index (κ3) is 11.9. The summed E-state index contributed by atoms with van der Waals surface area (Å²) in [4.78, 5) is 61.6. The lowest BCUT2D eigenvalue weighted by molar-refractivity contribution is -0.135. The van der Waals surface area contributed by atoms with Crippen LogP contribution >= 0.6 is 0 Å².